The van der Waals surface area contributed by atoms with Crippen LogP contribution in [-0.4, -0.2) is 12.5 Å². The highest BCUT2D eigenvalue weighted by molar-refractivity contribution is 6.30. The molecular weight excluding hydrogens is 330 g/mol. The average Bonchev–Trinajstić information content (AvgIpc) is 2.63. The highest BCUT2D eigenvalue weighted by atomic mass is 35.5. The third kappa shape index (κ3) is 2.81. The zero-order valence-electron chi connectivity index (χ0n) is 14.2. The van der Waals surface area contributed by atoms with Gasteiger partial charge >= 0.3 is 0 Å². The minimum absolute atomic E-state index is 0.0420. The predicted molar refractivity (Wildman–Crippen MR) is 105 cm³/mol. The van der Waals surface area contributed by atoms with E-state index in [1.54, 1.807) is 0 Å². The molecule has 0 spiro atoms. The first-order chi connectivity index (χ1) is 12.2. The van der Waals surface area contributed by atoms with Gasteiger partial charge in [-0.05, 0) is 46.5 Å². The molecule has 4 rings (SSSR count). The van der Waals surface area contributed by atoms with Gasteiger partial charge in [-0.15, -0.1) is 0 Å². The Bertz CT molecular complexity index is 950. The van der Waals surface area contributed by atoms with Crippen LogP contribution in [-0.2, 0) is 4.79 Å². The van der Waals surface area contributed by atoms with Crippen molar-refractivity contribution in [2.24, 2.45) is 0 Å². The van der Waals surface area contributed by atoms with Gasteiger partial charge < -0.3 is 4.90 Å². The summed E-state index contributed by atoms with van der Waals surface area (Å²) in [6.45, 7) is 2.86. The molecule has 126 valence electrons. The van der Waals surface area contributed by atoms with E-state index < -0.39 is 0 Å². The van der Waals surface area contributed by atoms with Crippen molar-refractivity contribution in [1.29, 1.82) is 0 Å². The lowest BCUT2D eigenvalue weighted by atomic mass is 9.81. The number of nitrogens with zero attached hydrogens (tertiary/aromatic N) is 1. The fraction of sp³-hybridized carbons (Fsp3) is 0.227. The summed E-state index contributed by atoms with van der Waals surface area (Å²) >= 11 is 6.23. The average molecular weight is 350 g/mol. The Morgan fingerprint density at radius 2 is 1.92 bits per heavy atom. The molecule has 1 aliphatic rings. The zero-order valence-corrected chi connectivity index (χ0v) is 15.0. The summed E-state index contributed by atoms with van der Waals surface area (Å²) in [5.41, 5.74) is 3.39. The molecule has 0 aromatic heterocycles. The van der Waals surface area contributed by atoms with Gasteiger partial charge in [0, 0.05) is 29.6 Å². The second-order valence-corrected chi connectivity index (χ2v) is 7.01. The summed E-state index contributed by atoms with van der Waals surface area (Å²) in [6, 6.07) is 20.5. The molecule has 0 radical (unpaired) electrons. The number of rotatable bonds is 3. The molecule has 0 fully saturated rings. The van der Waals surface area contributed by atoms with Crippen molar-refractivity contribution in [3.05, 3.63) is 76.8 Å². The lowest BCUT2D eigenvalue weighted by Gasteiger charge is -2.35. The normalized spacial score (nSPS) is 17.0. The van der Waals surface area contributed by atoms with E-state index in [2.05, 4.69) is 49.4 Å². The van der Waals surface area contributed by atoms with Crippen LogP contribution >= 0.6 is 11.6 Å². The summed E-state index contributed by atoms with van der Waals surface area (Å²) in [7, 11) is 0. The van der Waals surface area contributed by atoms with Crippen LogP contribution in [0.5, 0.6) is 0 Å². The number of anilines is 1. The van der Waals surface area contributed by atoms with Crippen LogP contribution < -0.4 is 4.90 Å². The Kier molecular flexibility index (Phi) is 4.22. The van der Waals surface area contributed by atoms with Crippen molar-refractivity contribution >= 4 is 34.0 Å². The van der Waals surface area contributed by atoms with Crippen LogP contribution in [0.3, 0.4) is 0 Å². The Morgan fingerprint density at radius 3 is 2.72 bits per heavy atom. The quantitative estimate of drug-likeness (QED) is 0.587. The van der Waals surface area contributed by atoms with E-state index in [-0.39, 0.29) is 11.8 Å². The number of benzene rings is 3. The first kappa shape index (κ1) is 16.2. The van der Waals surface area contributed by atoms with Gasteiger partial charge in [-0.3, -0.25) is 4.79 Å². The topological polar surface area (TPSA) is 20.3 Å². The van der Waals surface area contributed by atoms with Crippen molar-refractivity contribution in [2.75, 3.05) is 11.4 Å². The molecule has 3 aromatic carbocycles. The summed E-state index contributed by atoms with van der Waals surface area (Å²) in [5.74, 6) is 0.231. The van der Waals surface area contributed by atoms with Gasteiger partial charge in [0.1, 0.15) is 0 Å². The largest absolute Gasteiger partial charge is 0.312 e. The third-order valence-electron chi connectivity index (χ3n) is 4.96. The number of carbonyl (C=O) groups excluding carboxylic acids is 1. The molecule has 3 aromatic rings. The molecule has 1 unspecified atom stereocenters. The predicted octanol–water partition coefficient (Wildman–Crippen LogP) is 5.77. The summed E-state index contributed by atoms with van der Waals surface area (Å²) in [5, 5.41) is 3.14. The second kappa shape index (κ2) is 6.53. The fourth-order valence-electron chi connectivity index (χ4n) is 3.88. The Balaban J connectivity index is 1.98. The van der Waals surface area contributed by atoms with Crippen LogP contribution in [0.1, 0.15) is 36.8 Å². The molecule has 0 N–H and O–H groups in total. The lowest BCUT2D eigenvalue weighted by molar-refractivity contribution is -0.119. The number of carbonyl (C=O) groups is 1. The lowest BCUT2D eigenvalue weighted by Crippen LogP contribution is -2.37. The molecule has 0 bridgehead atoms. The van der Waals surface area contributed by atoms with E-state index in [1.807, 2.05) is 23.1 Å². The number of halogens is 1. The molecule has 25 heavy (non-hydrogen) atoms. The molecular formula is C22H20ClNO. The van der Waals surface area contributed by atoms with Gasteiger partial charge in [0.2, 0.25) is 5.91 Å². The third-order valence-corrected chi connectivity index (χ3v) is 5.20. The van der Waals surface area contributed by atoms with Crippen molar-refractivity contribution in [3.8, 4) is 0 Å². The second-order valence-electron chi connectivity index (χ2n) is 6.58. The monoisotopic (exact) mass is 349 g/mol. The molecule has 2 nitrogen and oxygen atoms in total. The van der Waals surface area contributed by atoms with Crippen LogP contribution in [0.2, 0.25) is 5.02 Å². The maximum Gasteiger partial charge on any atom is 0.227 e. The number of hydrogen-bond donors (Lipinski definition) is 0. The summed E-state index contributed by atoms with van der Waals surface area (Å²) in [4.78, 5) is 14.8. The maximum atomic E-state index is 12.8. The van der Waals surface area contributed by atoms with Crippen LogP contribution in [0.4, 0.5) is 5.69 Å². The standard InChI is InChI=1S/C22H20ClNO/c1-2-12-24-20-11-10-15-6-3-4-9-18(15)22(20)19(14-21(24)25)16-7-5-8-17(23)13-16/h3-11,13,19H,2,12,14H2,1H3. The smallest absolute Gasteiger partial charge is 0.227 e. The Morgan fingerprint density at radius 1 is 1.08 bits per heavy atom. The van der Waals surface area contributed by atoms with Gasteiger partial charge in [-0.1, -0.05) is 61.0 Å². The number of fused-ring (bicyclic) bond motifs is 3. The summed E-state index contributed by atoms with van der Waals surface area (Å²) < 4.78 is 0. The minimum Gasteiger partial charge on any atom is -0.312 e. The molecule has 3 heteroatoms. The van der Waals surface area contributed by atoms with Gasteiger partial charge in [0.05, 0.1) is 0 Å². The molecule has 1 aliphatic heterocycles. The van der Waals surface area contributed by atoms with Gasteiger partial charge in [0.15, 0.2) is 0 Å². The van der Waals surface area contributed by atoms with E-state index in [0.717, 1.165) is 24.2 Å². The highest BCUT2D eigenvalue weighted by Gasteiger charge is 2.33. The Labute approximate surface area is 153 Å². The summed E-state index contributed by atoms with van der Waals surface area (Å²) in [6.07, 6.45) is 1.43. The van der Waals surface area contributed by atoms with Crippen molar-refractivity contribution < 1.29 is 4.79 Å². The van der Waals surface area contributed by atoms with Gasteiger partial charge in [-0.25, -0.2) is 0 Å². The van der Waals surface area contributed by atoms with Crippen molar-refractivity contribution in [3.63, 3.8) is 0 Å². The van der Waals surface area contributed by atoms with Gasteiger partial charge in [0.25, 0.3) is 0 Å². The van der Waals surface area contributed by atoms with E-state index in [0.29, 0.717) is 11.4 Å². The molecule has 0 aliphatic carbocycles. The first-order valence-corrected chi connectivity index (χ1v) is 9.14. The fourth-order valence-corrected chi connectivity index (χ4v) is 4.08. The van der Waals surface area contributed by atoms with E-state index >= 15 is 0 Å². The van der Waals surface area contributed by atoms with Crippen LogP contribution in [0, 0.1) is 0 Å². The highest BCUT2D eigenvalue weighted by Crippen LogP contribution is 2.44. The molecule has 0 saturated heterocycles. The first-order valence-electron chi connectivity index (χ1n) is 8.76. The van der Waals surface area contributed by atoms with Crippen molar-refractivity contribution in [1.82, 2.24) is 0 Å². The number of amides is 1. The molecule has 1 atom stereocenters. The maximum absolute atomic E-state index is 12.8. The van der Waals surface area contributed by atoms with Crippen LogP contribution in [0.15, 0.2) is 60.7 Å². The van der Waals surface area contributed by atoms with Crippen molar-refractivity contribution in [2.45, 2.75) is 25.7 Å². The van der Waals surface area contributed by atoms with E-state index in [9.17, 15) is 4.79 Å². The zero-order chi connectivity index (χ0) is 17.4. The number of hydrogen-bond acceptors (Lipinski definition) is 1. The molecule has 1 heterocycles. The Hall–Kier alpha value is -2.32. The molecule has 0 saturated carbocycles. The van der Waals surface area contributed by atoms with Crippen LogP contribution in [0.25, 0.3) is 10.8 Å². The minimum atomic E-state index is 0.0420. The van der Waals surface area contributed by atoms with E-state index in [1.165, 1.54) is 16.3 Å². The van der Waals surface area contributed by atoms with Gasteiger partial charge in [-0.2, -0.15) is 0 Å². The molecule has 1 amide bonds. The van der Waals surface area contributed by atoms with E-state index in [4.69, 9.17) is 11.6 Å². The SMILES string of the molecule is CCCN1C(=O)CC(c2cccc(Cl)c2)c2c1ccc1ccccc21.